The summed E-state index contributed by atoms with van der Waals surface area (Å²) in [4.78, 5) is 1.84. The van der Waals surface area contributed by atoms with Gasteiger partial charge in [0, 0.05) is 30.8 Å². The van der Waals surface area contributed by atoms with E-state index in [-0.39, 0.29) is 0 Å². The van der Waals surface area contributed by atoms with Crippen LogP contribution in [0.4, 0.5) is 14.5 Å². The van der Waals surface area contributed by atoms with Crippen LogP contribution in [-0.2, 0) is 19.4 Å². The molecule has 0 aliphatic heterocycles. The van der Waals surface area contributed by atoms with Crippen molar-refractivity contribution in [1.29, 1.82) is 0 Å². The number of aryl methyl sites for hydroxylation is 1. The van der Waals surface area contributed by atoms with Crippen molar-refractivity contribution < 1.29 is 13.3 Å². The molecule has 0 bridgehead atoms. The van der Waals surface area contributed by atoms with Crippen molar-refractivity contribution in [2.24, 2.45) is 0 Å². The first kappa shape index (κ1) is 13.1. The van der Waals surface area contributed by atoms with Crippen molar-refractivity contribution in [3.63, 3.8) is 0 Å². The summed E-state index contributed by atoms with van der Waals surface area (Å²) < 4.78 is 31.6. The molecule has 1 aliphatic rings. The minimum absolute atomic E-state index is 0.532. The molecular weight excluding hydrogens is 262 g/mol. The molecule has 5 heteroatoms. The van der Waals surface area contributed by atoms with Gasteiger partial charge in [-0.25, -0.2) is 8.78 Å². The second-order valence-corrected chi connectivity index (χ2v) is 5.19. The van der Waals surface area contributed by atoms with E-state index in [4.69, 9.17) is 4.52 Å². The molecule has 0 spiro atoms. The van der Waals surface area contributed by atoms with Crippen LogP contribution in [0.1, 0.15) is 29.9 Å². The second kappa shape index (κ2) is 5.23. The van der Waals surface area contributed by atoms with Gasteiger partial charge in [-0.1, -0.05) is 5.16 Å². The van der Waals surface area contributed by atoms with Crippen molar-refractivity contribution in [3.8, 4) is 0 Å². The molecule has 0 saturated carbocycles. The number of benzene rings is 1. The maximum atomic E-state index is 13.3. The molecule has 106 valence electrons. The third-order valence-corrected chi connectivity index (χ3v) is 3.76. The lowest BCUT2D eigenvalue weighted by Gasteiger charge is -2.19. The Labute approximate surface area is 116 Å². The molecule has 3 nitrogen and oxygen atoms in total. The number of hydrogen-bond donors (Lipinski definition) is 0. The first-order valence-corrected chi connectivity index (χ1v) is 6.77. The van der Waals surface area contributed by atoms with Gasteiger partial charge in [-0.05, 0) is 31.4 Å². The molecular formula is C15H16F2N2O. The zero-order valence-corrected chi connectivity index (χ0v) is 11.3. The molecule has 0 N–H and O–H groups in total. The first-order chi connectivity index (χ1) is 9.65. The summed E-state index contributed by atoms with van der Waals surface area (Å²) in [6.07, 6.45) is 4.22. The number of fused-ring (bicyclic) bond motifs is 1. The first-order valence-electron chi connectivity index (χ1n) is 6.77. The van der Waals surface area contributed by atoms with Crippen molar-refractivity contribution >= 4 is 5.69 Å². The summed E-state index contributed by atoms with van der Waals surface area (Å²) >= 11 is 0. The van der Waals surface area contributed by atoms with Gasteiger partial charge >= 0.3 is 0 Å². The quantitative estimate of drug-likeness (QED) is 0.861. The third-order valence-electron chi connectivity index (χ3n) is 3.76. The van der Waals surface area contributed by atoms with Crippen LogP contribution in [0.5, 0.6) is 0 Å². The predicted octanol–water partition coefficient (Wildman–Crippen LogP) is 3.47. The van der Waals surface area contributed by atoms with Crippen molar-refractivity contribution in [2.75, 3.05) is 11.9 Å². The SMILES string of the molecule is CN(Cc1noc2c1CCCC2)c1ccc(F)c(F)c1. The third kappa shape index (κ3) is 2.40. The van der Waals surface area contributed by atoms with E-state index in [0.717, 1.165) is 43.2 Å². The van der Waals surface area contributed by atoms with Crippen LogP contribution < -0.4 is 4.90 Å². The standard InChI is InChI=1S/C15H16F2N2O/c1-19(10-6-7-12(16)13(17)8-10)9-14-11-4-2-3-5-15(11)20-18-14/h6-8H,2-5,9H2,1H3. The number of halogens is 2. The summed E-state index contributed by atoms with van der Waals surface area (Å²) in [5, 5.41) is 4.12. The lowest BCUT2D eigenvalue weighted by Crippen LogP contribution is -2.18. The Morgan fingerprint density at radius 1 is 1.20 bits per heavy atom. The lowest BCUT2D eigenvalue weighted by molar-refractivity contribution is 0.368. The molecule has 20 heavy (non-hydrogen) atoms. The Kier molecular flexibility index (Phi) is 3.42. The van der Waals surface area contributed by atoms with Crippen LogP contribution in [0.25, 0.3) is 0 Å². The lowest BCUT2D eigenvalue weighted by atomic mass is 9.96. The fourth-order valence-electron chi connectivity index (χ4n) is 2.61. The van der Waals surface area contributed by atoms with Gasteiger partial charge < -0.3 is 9.42 Å². The molecule has 0 saturated heterocycles. The number of anilines is 1. The molecule has 1 aromatic carbocycles. The highest BCUT2D eigenvalue weighted by molar-refractivity contribution is 5.46. The molecule has 0 radical (unpaired) electrons. The smallest absolute Gasteiger partial charge is 0.160 e. The van der Waals surface area contributed by atoms with Crippen molar-refractivity contribution in [3.05, 3.63) is 46.9 Å². The van der Waals surface area contributed by atoms with Gasteiger partial charge in [0.1, 0.15) is 11.5 Å². The van der Waals surface area contributed by atoms with Crippen LogP contribution >= 0.6 is 0 Å². The van der Waals surface area contributed by atoms with E-state index in [9.17, 15) is 8.78 Å². The van der Waals surface area contributed by atoms with E-state index in [0.29, 0.717) is 12.2 Å². The minimum Gasteiger partial charge on any atom is -0.368 e. The largest absolute Gasteiger partial charge is 0.368 e. The van der Waals surface area contributed by atoms with Gasteiger partial charge in [0.15, 0.2) is 11.6 Å². The Bertz CT molecular complexity index is 624. The average molecular weight is 278 g/mol. The Balaban J connectivity index is 1.80. The van der Waals surface area contributed by atoms with Crippen LogP contribution in [-0.4, -0.2) is 12.2 Å². The maximum Gasteiger partial charge on any atom is 0.160 e. The maximum absolute atomic E-state index is 13.3. The fourth-order valence-corrected chi connectivity index (χ4v) is 2.61. The van der Waals surface area contributed by atoms with E-state index >= 15 is 0 Å². The monoisotopic (exact) mass is 278 g/mol. The second-order valence-electron chi connectivity index (χ2n) is 5.19. The number of rotatable bonds is 3. The van der Waals surface area contributed by atoms with Gasteiger partial charge in [-0.3, -0.25) is 0 Å². The molecule has 3 rings (SSSR count). The molecule has 1 heterocycles. The highest BCUT2D eigenvalue weighted by Crippen LogP contribution is 2.26. The van der Waals surface area contributed by atoms with Gasteiger partial charge in [0.25, 0.3) is 0 Å². The molecule has 0 fully saturated rings. The summed E-state index contributed by atoms with van der Waals surface area (Å²) in [7, 11) is 1.83. The highest BCUT2D eigenvalue weighted by Gasteiger charge is 2.20. The Hall–Kier alpha value is -1.91. The molecule has 0 amide bonds. The van der Waals surface area contributed by atoms with E-state index in [1.165, 1.54) is 11.6 Å². The van der Waals surface area contributed by atoms with E-state index in [2.05, 4.69) is 5.16 Å². The summed E-state index contributed by atoms with van der Waals surface area (Å²) in [5.74, 6) is -0.692. The van der Waals surface area contributed by atoms with Gasteiger partial charge in [-0.2, -0.15) is 0 Å². The van der Waals surface area contributed by atoms with E-state index in [1.807, 2.05) is 11.9 Å². The zero-order chi connectivity index (χ0) is 14.1. The molecule has 0 atom stereocenters. The summed E-state index contributed by atoms with van der Waals surface area (Å²) in [5.41, 5.74) is 2.70. The number of hydrogen-bond acceptors (Lipinski definition) is 3. The molecule has 2 aromatic rings. The summed E-state index contributed by atoms with van der Waals surface area (Å²) in [6, 6.07) is 3.90. The van der Waals surface area contributed by atoms with Crippen LogP contribution in [0.2, 0.25) is 0 Å². The predicted molar refractivity (Wildman–Crippen MR) is 71.6 cm³/mol. The van der Waals surface area contributed by atoms with Gasteiger partial charge in [0.2, 0.25) is 0 Å². The van der Waals surface area contributed by atoms with Crippen LogP contribution in [0.3, 0.4) is 0 Å². The van der Waals surface area contributed by atoms with E-state index in [1.54, 1.807) is 6.07 Å². The number of nitrogens with zero attached hydrogens (tertiary/aromatic N) is 2. The Morgan fingerprint density at radius 3 is 2.80 bits per heavy atom. The van der Waals surface area contributed by atoms with Gasteiger partial charge in [0.05, 0.1) is 6.54 Å². The van der Waals surface area contributed by atoms with Crippen molar-refractivity contribution in [2.45, 2.75) is 32.2 Å². The van der Waals surface area contributed by atoms with Crippen LogP contribution in [0.15, 0.2) is 22.7 Å². The average Bonchev–Trinajstić information content (AvgIpc) is 2.85. The minimum atomic E-state index is -0.837. The normalized spacial score (nSPS) is 14.2. The van der Waals surface area contributed by atoms with E-state index < -0.39 is 11.6 Å². The molecule has 1 aromatic heterocycles. The number of aromatic nitrogens is 1. The van der Waals surface area contributed by atoms with Crippen LogP contribution in [0, 0.1) is 11.6 Å². The Morgan fingerprint density at radius 2 is 2.00 bits per heavy atom. The fraction of sp³-hybridized carbons (Fsp3) is 0.400. The zero-order valence-electron chi connectivity index (χ0n) is 11.3. The molecule has 1 aliphatic carbocycles. The molecule has 0 unspecified atom stereocenters. The van der Waals surface area contributed by atoms with Crippen molar-refractivity contribution in [1.82, 2.24) is 5.16 Å². The topological polar surface area (TPSA) is 29.3 Å². The highest BCUT2D eigenvalue weighted by atomic mass is 19.2. The summed E-state index contributed by atoms with van der Waals surface area (Å²) in [6.45, 7) is 0.532. The van der Waals surface area contributed by atoms with Gasteiger partial charge in [-0.15, -0.1) is 0 Å².